The standard InChI is InChI=1S/C15H22FNO/c1-4-6-13-14(17-7-5-2)12-9-11(16)8-10(3)15(12)18-13/h8-9,13-14,17H,4-7H2,1-3H3. The lowest BCUT2D eigenvalue weighted by Gasteiger charge is -2.19. The lowest BCUT2D eigenvalue weighted by atomic mass is 9.99. The predicted molar refractivity (Wildman–Crippen MR) is 71.5 cm³/mol. The van der Waals surface area contributed by atoms with E-state index in [1.807, 2.05) is 6.92 Å². The number of halogens is 1. The Morgan fingerprint density at radius 3 is 2.72 bits per heavy atom. The van der Waals surface area contributed by atoms with E-state index < -0.39 is 0 Å². The van der Waals surface area contributed by atoms with Crippen molar-refractivity contribution in [2.45, 2.75) is 52.2 Å². The van der Waals surface area contributed by atoms with E-state index in [4.69, 9.17) is 4.74 Å². The minimum Gasteiger partial charge on any atom is -0.488 e. The number of benzene rings is 1. The molecule has 1 aromatic carbocycles. The minimum atomic E-state index is -0.171. The van der Waals surface area contributed by atoms with Crippen LogP contribution in [0, 0.1) is 12.7 Å². The SMILES string of the molecule is CCCNC1c2cc(F)cc(C)c2OC1CCC. The van der Waals surface area contributed by atoms with E-state index in [-0.39, 0.29) is 18.0 Å². The van der Waals surface area contributed by atoms with Crippen molar-refractivity contribution in [3.63, 3.8) is 0 Å². The fourth-order valence-electron chi connectivity index (χ4n) is 2.62. The van der Waals surface area contributed by atoms with Crippen LogP contribution in [0.5, 0.6) is 5.75 Å². The Kier molecular flexibility index (Phi) is 4.23. The smallest absolute Gasteiger partial charge is 0.127 e. The highest BCUT2D eigenvalue weighted by Gasteiger charge is 2.34. The summed E-state index contributed by atoms with van der Waals surface area (Å²) >= 11 is 0. The van der Waals surface area contributed by atoms with Gasteiger partial charge in [-0.3, -0.25) is 0 Å². The molecule has 0 fully saturated rings. The number of hydrogen-bond acceptors (Lipinski definition) is 2. The molecule has 3 heteroatoms. The van der Waals surface area contributed by atoms with Gasteiger partial charge in [0.2, 0.25) is 0 Å². The molecule has 2 atom stereocenters. The highest BCUT2D eigenvalue weighted by atomic mass is 19.1. The molecule has 1 N–H and O–H groups in total. The van der Waals surface area contributed by atoms with Crippen LogP contribution in [-0.2, 0) is 0 Å². The Hall–Kier alpha value is -1.09. The van der Waals surface area contributed by atoms with Crippen molar-refractivity contribution in [1.82, 2.24) is 5.32 Å². The van der Waals surface area contributed by atoms with Crippen LogP contribution in [0.15, 0.2) is 12.1 Å². The second-order valence-electron chi connectivity index (χ2n) is 5.02. The van der Waals surface area contributed by atoms with Gasteiger partial charge in [0.05, 0.1) is 6.04 Å². The van der Waals surface area contributed by atoms with Crippen LogP contribution in [0.2, 0.25) is 0 Å². The van der Waals surface area contributed by atoms with Gasteiger partial charge in [0.25, 0.3) is 0 Å². The maximum Gasteiger partial charge on any atom is 0.127 e. The normalized spacial score (nSPS) is 21.8. The number of ether oxygens (including phenoxy) is 1. The van der Waals surface area contributed by atoms with E-state index in [9.17, 15) is 4.39 Å². The molecular formula is C15H22FNO. The first-order valence-corrected chi connectivity index (χ1v) is 6.87. The number of nitrogens with one attached hydrogen (secondary N) is 1. The Morgan fingerprint density at radius 2 is 2.06 bits per heavy atom. The molecule has 0 amide bonds. The van der Waals surface area contributed by atoms with Crippen LogP contribution in [0.25, 0.3) is 0 Å². The molecular weight excluding hydrogens is 229 g/mol. The van der Waals surface area contributed by atoms with Gasteiger partial charge in [-0.05, 0) is 44.0 Å². The molecule has 1 aliphatic heterocycles. The van der Waals surface area contributed by atoms with Gasteiger partial charge in [-0.15, -0.1) is 0 Å². The van der Waals surface area contributed by atoms with Crippen molar-refractivity contribution >= 4 is 0 Å². The largest absolute Gasteiger partial charge is 0.488 e. The maximum atomic E-state index is 13.5. The highest BCUT2D eigenvalue weighted by Crippen LogP contribution is 2.41. The van der Waals surface area contributed by atoms with Crippen molar-refractivity contribution in [2.24, 2.45) is 0 Å². The van der Waals surface area contributed by atoms with Gasteiger partial charge in [0.15, 0.2) is 0 Å². The molecule has 100 valence electrons. The summed E-state index contributed by atoms with van der Waals surface area (Å²) in [5.74, 6) is 0.707. The Bertz CT molecular complexity index is 419. The van der Waals surface area contributed by atoms with Crippen molar-refractivity contribution in [1.29, 1.82) is 0 Å². The molecule has 18 heavy (non-hydrogen) atoms. The van der Waals surface area contributed by atoms with E-state index in [1.54, 1.807) is 12.1 Å². The Morgan fingerprint density at radius 1 is 1.28 bits per heavy atom. The van der Waals surface area contributed by atoms with Crippen LogP contribution >= 0.6 is 0 Å². The minimum absolute atomic E-state index is 0.134. The molecule has 0 saturated carbocycles. The van der Waals surface area contributed by atoms with Gasteiger partial charge in [-0.1, -0.05) is 20.3 Å². The van der Waals surface area contributed by atoms with Gasteiger partial charge in [-0.2, -0.15) is 0 Å². The third-order valence-electron chi connectivity index (χ3n) is 3.43. The van der Waals surface area contributed by atoms with E-state index in [0.717, 1.165) is 42.7 Å². The molecule has 0 saturated heterocycles. The summed E-state index contributed by atoms with van der Waals surface area (Å²) in [7, 11) is 0. The summed E-state index contributed by atoms with van der Waals surface area (Å²) in [4.78, 5) is 0. The highest BCUT2D eigenvalue weighted by molar-refractivity contribution is 5.46. The average Bonchev–Trinajstić information content (AvgIpc) is 2.65. The van der Waals surface area contributed by atoms with Gasteiger partial charge >= 0.3 is 0 Å². The fraction of sp³-hybridized carbons (Fsp3) is 0.600. The van der Waals surface area contributed by atoms with E-state index in [2.05, 4.69) is 19.2 Å². The fourth-order valence-corrected chi connectivity index (χ4v) is 2.62. The van der Waals surface area contributed by atoms with Gasteiger partial charge in [0, 0.05) is 5.56 Å². The quantitative estimate of drug-likeness (QED) is 0.860. The summed E-state index contributed by atoms with van der Waals surface area (Å²) in [6, 6.07) is 3.30. The molecule has 0 bridgehead atoms. The number of aryl methyl sites for hydroxylation is 1. The molecule has 0 aromatic heterocycles. The number of fused-ring (bicyclic) bond motifs is 1. The van der Waals surface area contributed by atoms with Crippen LogP contribution in [0.4, 0.5) is 4.39 Å². The Balaban J connectivity index is 2.29. The summed E-state index contributed by atoms with van der Waals surface area (Å²) in [6.45, 7) is 7.13. The first-order chi connectivity index (χ1) is 8.67. The number of rotatable bonds is 5. The first-order valence-electron chi connectivity index (χ1n) is 6.87. The Labute approximate surface area is 109 Å². The third kappa shape index (κ3) is 2.51. The summed E-state index contributed by atoms with van der Waals surface area (Å²) in [5.41, 5.74) is 1.88. The molecule has 0 aliphatic carbocycles. The molecule has 1 heterocycles. The molecule has 2 unspecified atom stereocenters. The van der Waals surface area contributed by atoms with E-state index in [1.165, 1.54) is 0 Å². The first kappa shape index (κ1) is 13.3. The van der Waals surface area contributed by atoms with Crippen LogP contribution in [0.1, 0.15) is 50.3 Å². The van der Waals surface area contributed by atoms with Crippen molar-refractivity contribution in [3.8, 4) is 5.75 Å². The lowest BCUT2D eigenvalue weighted by molar-refractivity contribution is 0.177. The second-order valence-corrected chi connectivity index (χ2v) is 5.02. The molecule has 0 spiro atoms. The molecule has 0 radical (unpaired) electrons. The predicted octanol–water partition coefficient (Wildman–Crippen LogP) is 3.74. The van der Waals surface area contributed by atoms with Crippen molar-refractivity contribution in [2.75, 3.05) is 6.54 Å². The van der Waals surface area contributed by atoms with Gasteiger partial charge in [-0.25, -0.2) is 4.39 Å². The van der Waals surface area contributed by atoms with Crippen LogP contribution in [-0.4, -0.2) is 12.6 Å². The third-order valence-corrected chi connectivity index (χ3v) is 3.43. The summed E-state index contributed by atoms with van der Waals surface area (Å²) < 4.78 is 19.6. The topological polar surface area (TPSA) is 21.3 Å². The molecule has 2 rings (SSSR count). The van der Waals surface area contributed by atoms with Crippen molar-refractivity contribution in [3.05, 3.63) is 29.1 Å². The van der Waals surface area contributed by atoms with E-state index >= 15 is 0 Å². The molecule has 1 aromatic rings. The van der Waals surface area contributed by atoms with Gasteiger partial charge in [0.1, 0.15) is 17.7 Å². The number of hydrogen-bond donors (Lipinski definition) is 1. The van der Waals surface area contributed by atoms with Crippen molar-refractivity contribution < 1.29 is 9.13 Å². The van der Waals surface area contributed by atoms with E-state index in [0.29, 0.717) is 0 Å². The van der Waals surface area contributed by atoms with Gasteiger partial charge < -0.3 is 10.1 Å². The monoisotopic (exact) mass is 251 g/mol. The zero-order valence-electron chi connectivity index (χ0n) is 11.4. The maximum absolute atomic E-state index is 13.5. The summed E-state index contributed by atoms with van der Waals surface area (Å²) in [5, 5.41) is 3.49. The second kappa shape index (κ2) is 5.70. The summed E-state index contributed by atoms with van der Waals surface area (Å²) in [6.07, 6.45) is 3.28. The average molecular weight is 251 g/mol. The lowest BCUT2D eigenvalue weighted by Crippen LogP contribution is -2.31. The zero-order valence-corrected chi connectivity index (χ0v) is 11.4. The molecule has 1 aliphatic rings. The zero-order chi connectivity index (χ0) is 13.1. The molecule has 2 nitrogen and oxygen atoms in total. The van der Waals surface area contributed by atoms with Crippen LogP contribution < -0.4 is 10.1 Å². The van der Waals surface area contributed by atoms with Crippen LogP contribution in [0.3, 0.4) is 0 Å².